The van der Waals surface area contributed by atoms with Gasteiger partial charge in [0.15, 0.2) is 11.6 Å². The lowest BCUT2D eigenvalue weighted by Gasteiger charge is -2.04. The predicted octanol–water partition coefficient (Wildman–Crippen LogP) is 1.85. The van der Waals surface area contributed by atoms with E-state index in [0.717, 1.165) is 0 Å². The summed E-state index contributed by atoms with van der Waals surface area (Å²) in [5.41, 5.74) is 1.24. The summed E-state index contributed by atoms with van der Waals surface area (Å²) in [7, 11) is 1.43. The van der Waals surface area contributed by atoms with Gasteiger partial charge in [-0.25, -0.2) is 4.39 Å². The van der Waals surface area contributed by atoms with Crippen LogP contribution >= 0.6 is 0 Å². The highest BCUT2D eigenvalue weighted by Gasteiger charge is 2.07. The van der Waals surface area contributed by atoms with Gasteiger partial charge in [-0.15, -0.1) is 0 Å². The minimum Gasteiger partial charge on any atom is -0.492 e. The molecule has 3 heteroatoms. The minimum atomic E-state index is -0.319. The van der Waals surface area contributed by atoms with Gasteiger partial charge < -0.3 is 4.74 Å². The van der Waals surface area contributed by atoms with Crippen LogP contribution < -0.4 is 4.74 Å². The van der Waals surface area contributed by atoms with Gasteiger partial charge in [0.25, 0.3) is 0 Å². The molecule has 0 saturated carbocycles. The van der Waals surface area contributed by atoms with Crippen LogP contribution in [-0.4, -0.2) is 12.1 Å². The summed E-state index contributed by atoms with van der Waals surface area (Å²) in [5, 5.41) is 0. The number of aryl methyl sites for hydroxylation is 1. The van der Waals surface area contributed by atoms with Crippen molar-refractivity contribution < 1.29 is 9.13 Å². The topological polar surface area (TPSA) is 22.1 Å². The van der Waals surface area contributed by atoms with Crippen LogP contribution in [-0.2, 0) is 0 Å². The Morgan fingerprint density at radius 1 is 1.45 bits per heavy atom. The molecular formula is C8H10FNO. The highest BCUT2D eigenvalue weighted by molar-refractivity contribution is 5.29. The summed E-state index contributed by atoms with van der Waals surface area (Å²) in [6, 6.07) is 0. The Morgan fingerprint density at radius 3 is 2.64 bits per heavy atom. The summed E-state index contributed by atoms with van der Waals surface area (Å²) >= 11 is 0. The van der Waals surface area contributed by atoms with Crippen molar-refractivity contribution in [1.29, 1.82) is 0 Å². The lowest BCUT2D eigenvalue weighted by molar-refractivity contribution is 0.382. The largest absolute Gasteiger partial charge is 0.492 e. The summed E-state index contributed by atoms with van der Waals surface area (Å²) < 4.78 is 17.8. The van der Waals surface area contributed by atoms with Gasteiger partial charge in [-0.05, 0) is 13.8 Å². The molecule has 0 unspecified atom stereocenters. The zero-order chi connectivity index (χ0) is 8.43. The average Bonchev–Trinajstić information content (AvgIpc) is 2.01. The van der Waals surface area contributed by atoms with Gasteiger partial charge in [0.1, 0.15) is 0 Å². The molecule has 0 aliphatic heterocycles. The smallest absolute Gasteiger partial charge is 0.173 e. The van der Waals surface area contributed by atoms with Crippen LogP contribution in [0.25, 0.3) is 0 Å². The van der Waals surface area contributed by atoms with Crippen molar-refractivity contribution in [3.63, 3.8) is 0 Å². The first-order valence-corrected chi connectivity index (χ1v) is 3.32. The third-order valence-corrected chi connectivity index (χ3v) is 1.68. The van der Waals surface area contributed by atoms with Gasteiger partial charge >= 0.3 is 0 Å². The summed E-state index contributed by atoms with van der Waals surface area (Å²) in [6.07, 6.45) is 1.39. The summed E-state index contributed by atoms with van der Waals surface area (Å²) in [4.78, 5) is 3.95. The Kier molecular flexibility index (Phi) is 2.08. The number of nitrogens with zero attached hydrogens (tertiary/aromatic N) is 1. The van der Waals surface area contributed by atoms with Crippen molar-refractivity contribution in [3.8, 4) is 5.75 Å². The average molecular weight is 155 g/mol. The van der Waals surface area contributed by atoms with E-state index in [1.54, 1.807) is 13.8 Å². The first kappa shape index (κ1) is 7.98. The van der Waals surface area contributed by atoms with Crippen molar-refractivity contribution in [1.82, 2.24) is 4.98 Å². The van der Waals surface area contributed by atoms with E-state index in [1.165, 1.54) is 13.3 Å². The normalized spacial score (nSPS) is 9.82. The molecule has 0 atom stereocenters. The van der Waals surface area contributed by atoms with E-state index in [9.17, 15) is 4.39 Å². The van der Waals surface area contributed by atoms with E-state index in [4.69, 9.17) is 4.74 Å². The Morgan fingerprint density at radius 2 is 2.09 bits per heavy atom. The maximum Gasteiger partial charge on any atom is 0.173 e. The molecule has 0 radical (unpaired) electrons. The number of aromatic nitrogens is 1. The van der Waals surface area contributed by atoms with Crippen LogP contribution in [0.1, 0.15) is 11.3 Å². The lowest BCUT2D eigenvalue weighted by atomic mass is 10.2. The van der Waals surface area contributed by atoms with Crippen molar-refractivity contribution in [2.24, 2.45) is 0 Å². The van der Waals surface area contributed by atoms with Crippen LogP contribution in [0.15, 0.2) is 6.20 Å². The van der Waals surface area contributed by atoms with E-state index in [1.807, 2.05) is 0 Å². The van der Waals surface area contributed by atoms with E-state index in [-0.39, 0.29) is 11.6 Å². The fourth-order valence-electron chi connectivity index (χ4n) is 0.795. The molecule has 1 aromatic heterocycles. The first-order valence-electron chi connectivity index (χ1n) is 3.32. The highest BCUT2D eigenvalue weighted by atomic mass is 19.1. The van der Waals surface area contributed by atoms with Gasteiger partial charge in [0, 0.05) is 11.3 Å². The Bertz CT molecular complexity index is 273. The van der Waals surface area contributed by atoms with Crippen LogP contribution in [0.4, 0.5) is 4.39 Å². The molecule has 11 heavy (non-hydrogen) atoms. The molecule has 2 nitrogen and oxygen atoms in total. The second-order valence-corrected chi connectivity index (χ2v) is 2.35. The fourth-order valence-corrected chi connectivity index (χ4v) is 0.795. The number of methoxy groups -OCH3 is 1. The number of ether oxygens (including phenoxy) is 1. The molecule has 0 spiro atoms. The Balaban J connectivity index is 3.25. The minimum absolute atomic E-state index is 0.202. The van der Waals surface area contributed by atoms with E-state index < -0.39 is 0 Å². The lowest BCUT2D eigenvalue weighted by Crippen LogP contribution is -1.95. The third kappa shape index (κ3) is 1.31. The molecule has 0 aromatic carbocycles. The number of halogens is 1. The maximum atomic E-state index is 13.1. The SMILES string of the molecule is COc1cnc(C)c(C)c1F. The predicted molar refractivity (Wildman–Crippen MR) is 40.2 cm³/mol. The summed E-state index contributed by atoms with van der Waals surface area (Å²) in [5.74, 6) is -0.117. The van der Waals surface area contributed by atoms with Crippen molar-refractivity contribution in [3.05, 3.63) is 23.3 Å². The molecule has 1 aromatic rings. The zero-order valence-electron chi connectivity index (χ0n) is 6.81. The zero-order valence-corrected chi connectivity index (χ0v) is 6.81. The van der Waals surface area contributed by atoms with Gasteiger partial charge in [-0.1, -0.05) is 0 Å². The molecule has 0 N–H and O–H groups in total. The van der Waals surface area contributed by atoms with Gasteiger partial charge in [-0.2, -0.15) is 0 Å². The monoisotopic (exact) mass is 155 g/mol. The van der Waals surface area contributed by atoms with Crippen LogP contribution in [0.5, 0.6) is 5.75 Å². The molecule has 0 fully saturated rings. The second kappa shape index (κ2) is 2.86. The molecule has 0 aliphatic carbocycles. The molecule has 1 rings (SSSR count). The van der Waals surface area contributed by atoms with Gasteiger partial charge in [-0.3, -0.25) is 4.98 Å². The van der Waals surface area contributed by atoms with Gasteiger partial charge in [0.05, 0.1) is 13.3 Å². The van der Waals surface area contributed by atoms with Crippen LogP contribution in [0.3, 0.4) is 0 Å². The quantitative estimate of drug-likeness (QED) is 0.617. The number of rotatable bonds is 1. The molecule has 0 saturated heterocycles. The highest BCUT2D eigenvalue weighted by Crippen LogP contribution is 2.19. The Labute approximate surface area is 65.0 Å². The number of hydrogen-bond donors (Lipinski definition) is 0. The van der Waals surface area contributed by atoms with E-state index in [2.05, 4.69) is 4.98 Å². The van der Waals surface area contributed by atoms with Crippen molar-refractivity contribution in [2.45, 2.75) is 13.8 Å². The maximum absolute atomic E-state index is 13.1. The fraction of sp³-hybridized carbons (Fsp3) is 0.375. The van der Waals surface area contributed by atoms with Crippen molar-refractivity contribution >= 4 is 0 Å². The number of hydrogen-bond acceptors (Lipinski definition) is 2. The van der Waals surface area contributed by atoms with Crippen molar-refractivity contribution in [2.75, 3.05) is 7.11 Å². The summed E-state index contributed by atoms with van der Waals surface area (Å²) in [6.45, 7) is 3.44. The molecule has 60 valence electrons. The molecule has 0 amide bonds. The second-order valence-electron chi connectivity index (χ2n) is 2.35. The van der Waals surface area contributed by atoms with Crippen LogP contribution in [0, 0.1) is 19.7 Å². The molecule has 0 aliphatic rings. The number of pyridine rings is 1. The molecule has 1 heterocycles. The third-order valence-electron chi connectivity index (χ3n) is 1.68. The first-order chi connectivity index (χ1) is 5.16. The van der Waals surface area contributed by atoms with Crippen LogP contribution in [0.2, 0.25) is 0 Å². The molecule has 0 bridgehead atoms. The standard InChI is InChI=1S/C8H10FNO/c1-5-6(2)10-4-7(11-3)8(5)9/h4H,1-3H3. The Hall–Kier alpha value is -1.12. The molecular weight excluding hydrogens is 145 g/mol. The van der Waals surface area contributed by atoms with E-state index >= 15 is 0 Å². The van der Waals surface area contributed by atoms with Gasteiger partial charge in [0.2, 0.25) is 0 Å². The van der Waals surface area contributed by atoms with E-state index in [0.29, 0.717) is 11.3 Å².